The molecule has 0 aliphatic heterocycles. The van der Waals surface area contributed by atoms with Gasteiger partial charge in [-0.3, -0.25) is 4.79 Å². The Labute approximate surface area is 143 Å². The molecule has 0 amide bonds. The van der Waals surface area contributed by atoms with Crippen LogP contribution >= 0.6 is 11.8 Å². The quantitative estimate of drug-likeness (QED) is 0.505. The highest BCUT2D eigenvalue weighted by Crippen LogP contribution is 2.21. The van der Waals surface area contributed by atoms with Crippen LogP contribution < -0.4 is 0 Å². The number of carbonyl (C=O) groups is 1. The predicted molar refractivity (Wildman–Crippen MR) is 93.7 cm³/mol. The Morgan fingerprint density at radius 3 is 2.29 bits per heavy atom. The third-order valence-electron chi connectivity index (χ3n) is 3.50. The number of ketones is 1. The first-order valence-electron chi connectivity index (χ1n) is 7.44. The van der Waals surface area contributed by atoms with E-state index in [1.165, 1.54) is 23.9 Å². The van der Waals surface area contributed by atoms with Crippen LogP contribution in [0.25, 0.3) is 11.3 Å². The lowest BCUT2D eigenvalue weighted by Gasteiger charge is -2.03. The van der Waals surface area contributed by atoms with Gasteiger partial charge in [-0.1, -0.05) is 41.6 Å². The predicted octanol–water partition coefficient (Wildman–Crippen LogP) is 4.57. The summed E-state index contributed by atoms with van der Waals surface area (Å²) in [6, 6.07) is 17.3. The Morgan fingerprint density at radius 1 is 0.958 bits per heavy atom. The standard InChI is InChI=1S/C19H15FN2OS/c1-13-2-4-15(5-3-13)18(23)12-24-19-11-10-17(21-22-19)14-6-8-16(20)9-7-14/h2-11H,12H2,1H3. The van der Waals surface area contributed by atoms with Crippen molar-refractivity contribution >= 4 is 17.5 Å². The summed E-state index contributed by atoms with van der Waals surface area (Å²) in [5.41, 5.74) is 3.30. The fourth-order valence-corrected chi connectivity index (χ4v) is 2.84. The van der Waals surface area contributed by atoms with Gasteiger partial charge >= 0.3 is 0 Å². The highest BCUT2D eigenvalue weighted by Gasteiger charge is 2.08. The number of hydrogen-bond donors (Lipinski definition) is 0. The summed E-state index contributed by atoms with van der Waals surface area (Å²) in [6.45, 7) is 1.99. The van der Waals surface area contributed by atoms with Gasteiger partial charge in [0, 0.05) is 11.1 Å². The van der Waals surface area contributed by atoms with E-state index in [-0.39, 0.29) is 11.6 Å². The van der Waals surface area contributed by atoms with Crippen molar-refractivity contribution in [1.82, 2.24) is 10.2 Å². The van der Waals surface area contributed by atoms with Crippen LogP contribution in [0.15, 0.2) is 65.7 Å². The second-order valence-corrected chi connectivity index (χ2v) is 6.34. The maximum Gasteiger partial charge on any atom is 0.173 e. The minimum atomic E-state index is -0.284. The van der Waals surface area contributed by atoms with Crippen LogP contribution in [0.2, 0.25) is 0 Å². The summed E-state index contributed by atoms with van der Waals surface area (Å²) in [6.07, 6.45) is 0. The van der Waals surface area contributed by atoms with E-state index in [2.05, 4.69) is 10.2 Å². The minimum Gasteiger partial charge on any atom is -0.293 e. The van der Waals surface area contributed by atoms with E-state index in [1.807, 2.05) is 43.3 Å². The molecule has 0 aliphatic rings. The molecule has 0 N–H and O–H groups in total. The maximum atomic E-state index is 12.9. The summed E-state index contributed by atoms with van der Waals surface area (Å²) in [5.74, 6) is 0.0890. The Balaban J connectivity index is 1.63. The second-order valence-electron chi connectivity index (χ2n) is 5.34. The zero-order valence-electron chi connectivity index (χ0n) is 13.1. The molecule has 0 radical (unpaired) electrons. The lowest BCUT2D eigenvalue weighted by atomic mass is 10.1. The van der Waals surface area contributed by atoms with Gasteiger partial charge in [-0.15, -0.1) is 10.2 Å². The maximum absolute atomic E-state index is 12.9. The molecule has 0 spiro atoms. The van der Waals surface area contributed by atoms with Gasteiger partial charge in [0.1, 0.15) is 10.8 Å². The first-order valence-corrected chi connectivity index (χ1v) is 8.43. The molecule has 3 rings (SSSR count). The van der Waals surface area contributed by atoms with Crippen molar-refractivity contribution in [3.8, 4) is 11.3 Å². The van der Waals surface area contributed by atoms with Gasteiger partial charge in [-0.2, -0.15) is 0 Å². The van der Waals surface area contributed by atoms with Crippen LogP contribution in [0.3, 0.4) is 0 Å². The number of nitrogens with zero attached hydrogens (tertiary/aromatic N) is 2. The van der Waals surface area contributed by atoms with Crippen LogP contribution in [0.5, 0.6) is 0 Å². The van der Waals surface area contributed by atoms with Gasteiger partial charge in [-0.05, 0) is 43.3 Å². The summed E-state index contributed by atoms with van der Waals surface area (Å²) in [4.78, 5) is 12.1. The van der Waals surface area contributed by atoms with E-state index >= 15 is 0 Å². The van der Waals surface area contributed by atoms with Gasteiger partial charge in [0.05, 0.1) is 11.4 Å². The van der Waals surface area contributed by atoms with Crippen molar-refractivity contribution < 1.29 is 9.18 Å². The molecule has 0 fully saturated rings. The molecular weight excluding hydrogens is 323 g/mol. The summed E-state index contributed by atoms with van der Waals surface area (Å²) in [5, 5.41) is 8.94. The largest absolute Gasteiger partial charge is 0.293 e. The van der Waals surface area contributed by atoms with Crippen LogP contribution in [0, 0.1) is 12.7 Å². The van der Waals surface area contributed by atoms with Crippen LogP contribution in [-0.4, -0.2) is 21.7 Å². The molecule has 1 heterocycles. The molecule has 3 aromatic rings. The average Bonchev–Trinajstić information content (AvgIpc) is 2.61. The summed E-state index contributed by atoms with van der Waals surface area (Å²) >= 11 is 1.35. The minimum absolute atomic E-state index is 0.0596. The highest BCUT2D eigenvalue weighted by atomic mass is 32.2. The van der Waals surface area contributed by atoms with Crippen LogP contribution in [-0.2, 0) is 0 Å². The molecule has 5 heteroatoms. The topological polar surface area (TPSA) is 42.9 Å². The van der Waals surface area contributed by atoms with Crippen molar-refractivity contribution in [2.75, 3.05) is 5.75 Å². The van der Waals surface area contributed by atoms with Crippen molar-refractivity contribution in [3.05, 3.63) is 77.6 Å². The van der Waals surface area contributed by atoms with Crippen molar-refractivity contribution in [3.63, 3.8) is 0 Å². The van der Waals surface area contributed by atoms with Gasteiger partial charge in [-0.25, -0.2) is 4.39 Å². The number of aryl methyl sites for hydroxylation is 1. The number of thioether (sulfide) groups is 1. The lowest BCUT2D eigenvalue weighted by molar-refractivity contribution is 0.102. The molecule has 0 atom stereocenters. The number of halogens is 1. The van der Waals surface area contributed by atoms with E-state index < -0.39 is 0 Å². The first-order chi connectivity index (χ1) is 11.6. The molecule has 0 aliphatic carbocycles. The van der Waals surface area contributed by atoms with Gasteiger partial charge in [0.2, 0.25) is 0 Å². The number of Topliss-reactive ketones (excluding diaryl/α,β-unsaturated/α-hetero) is 1. The molecule has 0 saturated heterocycles. The Kier molecular flexibility index (Phi) is 5.01. The Bertz CT molecular complexity index is 831. The number of benzene rings is 2. The van der Waals surface area contributed by atoms with E-state index in [0.29, 0.717) is 22.0 Å². The molecule has 0 saturated carbocycles. The molecule has 2 aromatic carbocycles. The number of carbonyl (C=O) groups excluding carboxylic acids is 1. The second kappa shape index (κ2) is 7.36. The van der Waals surface area contributed by atoms with Crippen LogP contribution in [0.4, 0.5) is 4.39 Å². The Hall–Kier alpha value is -2.53. The van der Waals surface area contributed by atoms with E-state index in [0.717, 1.165) is 11.1 Å². The van der Waals surface area contributed by atoms with Crippen molar-refractivity contribution in [2.45, 2.75) is 11.9 Å². The molecule has 120 valence electrons. The van der Waals surface area contributed by atoms with Gasteiger partial charge < -0.3 is 0 Å². The fourth-order valence-electron chi connectivity index (χ4n) is 2.13. The molecule has 1 aromatic heterocycles. The molecule has 0 bridgehead atoms. The molecule has 24 heavy (non-hydrogen) atoms. The summed E-state index contributed by atoms with van der Waals surface area (Å²) in [7, 11) is 0. The van der Waals surface area contributed by atoms with Crippen molar-refractivity contribution in [2.24, 2.45) is 0 Å². The summed E-state index contributed by atoms with van der Waals surface area (Å²) < 4.78 is 12.9. The fraction of sp³-hybridized carbons (Fsp3) is 0.105. The smallest absolute Gasteiger partial charge is 0.173 e. The zero-order chi connectivity index (χ0) is 16.9. The van der Waals surface area contributed by atoms with Crippen LogP contribution in [0.1, 0.15) is 15.9 Å². The molecule has 0 unspecified atom stereocenters. The SMILES string of the molecule is Cc1ccc(C(=O)CSc2ccc(-c3ccc(F)cc3)nn2)cc1. The van der Waals surface area contributed by atoms with Crippen molar-refractivity contribution in [1.29, 1.82) is 0 Å². The van der Waals surface area contributed by atoms with E-state index in [4.69, 9.17) is 0 Å². The number of rotatable bonds is 5. The van der Waals surface area contributed by atoms with Gasteiger partial charge in [0.25, 0.3) is 0 Å². The third-order valence-corrected chi connectivity index (χ3v) is 4.42. The monoisotopic (exact) mass is 338 g/mol. The van der Waals surface area contributed by atoms with Gasteiger partial charge in [0.15, 0.2) is 5.78 Å². The van der Waals surface area contributed by atoms with E-state index in [9.17, 15) is 9.18 Å². The highest BCUT2D eigenvalue weighted by molar-refractivity contribution is 7.99. The molecule has 3 nitrogen and oxygen atoms in total. The zero-order valence-corrected chi connectivity index (χ0v) is 13.9. The third kappa shape index (κ3) is 4.06. The molecular formula is C19H15FN2OS. The van der Waals surface area contributed by atoms with E-state index in [1.54, 1.807) is 12.1 Å². The first kappa shape index (κ1) is 16.3. The Morgan fingerprint density at radius 2 is 1.67 bits per heavy atom. The number of aromatic nitrogens is 2. The average molecular weight is 338 g/mol. The lowest BCUT2D eigenvalue weighted by Crippen LogP contribution is -2.02. The normalized spacial score (nSPS) is 10.6. The number of hydrogen-bond acceptors (Lipinski definition) is 4.